The first-order valence-electron chi connectivity index (χ1n) is 7.65. The Morgan fingerprint density at radius 3 is 2.60 bits per heavy atom. The molecule has 2 atom stereocenters. The topological polar surface area (TPSA) is 78.4 Å². The molecule has 3 rings (SSSR count). The maximum absolute atomic E-state index is 12.7. The fourth-order valence-electron chi connectivity index (χ4n) is 2.70. The average molecular weight is 376 g/mol. The van der Waals surface area contributed by atoms with E-state index in [1.807, 2.05) is 17.5 Å². The lowest BCUT2D eigenvalue weighted by molar-refractivity contribution is -0.152. The van der Waals surface area contributed by atoms with Gasteiger partial charge >= 0.3 is 11.9 Å². The third-order valence-electron chi connectivity index (χ3n) is 3.82. The molecule has 0 bridgehead atoms. The van der Waals surface area contributed by atoms with Crippen molar-refractivity contribution < 1.29 is 19.1 Å². The number of rotatable bonds is 6. The summed E-state index contributed by atoms with van der Waals surface area (Å²) in [5, 5.41) is 1.86. The van der Waals surface area contributed by atoms with Crippen molar-refractivity contribution in [2.75, 3.05) is 13.7 Å². The standard InChI is InChI=1S/C17H16N2O4S2/c1-3-23-17(21)14(10-6-7-11-12(9-10)19-25-18-11)15(16(20)22-2)13-5-4-8-24-13/h4-9,14-15H,3H2,1-2H3. The number of nitrogens with zero attached hydrogens (tertiary/aromatic N) is 2. The van der Waals surface area contributed by atoms with Gasteiger partial charge in [0, 0.05) is 4.88 Å². The van der Waals surface area contributed by atoms with Gasteiger partial charge in [0.25, 0.3) is 0 Å². The van der Waals surface area contributed by atoms with E-state index in [4.69, 9.17) is 9.47 Å². The van der Waals surface area contributed by atoms with Gasteiger partial charge in [0.2, 0.25) is 0 Å². The van der Waals surface area contributed by atoms with Crippen molar-refractivity contribution in [3.8, 4) is 0 Å². The maximum atomic E-state index is 12.7. The van der Waals surface area contributed by atoms with Crippen LogP contribution in [0.1, 0.15) is 29.2 Å². The summed E-state index contributed by atoms with van der Waals surface area (Å²) >= 11 is 2.51. The Hall–Kier alpha value is -2.32. The van der Waals surface area contributed by atoms with Crippen LogP contribution in [0.15, 0.2) is 35.7 Å². The molecule has 0 radical (unpaired) electrons. The number of hydrogen-bond donors (Lipinski definition) is 0. The van der Waals surface area contributed by atoms with Crippen molar-refractivity contribution in [1.29, 1.82) is 0 Å². The summed E-state index contributed by atoms with van der Waals surface area (Å²) in [4.78, 5) is 26.0. The molecule has 0 aliphatic carbocycles. The summed E-state index contributed by atoms with van der Waals surface area (Å²) in [7, 11) is 1.32. The first-order valence-corrected chi connectivity index (χ1v) is 9.26. The van der Waals surface area contributed by atoms with Crippen LogP contribution in [0.4, 0.5) is 0 Å². The summed E-state index contributed by atoms with van der Waals surface area (Å²) in [5.41, 5.74) is 2.09. The van der Waals surface area contributed by atoms with Gasteiger partial charge in [0.15, 0.2) is 0 Å². The normalized spacial score (nSPS) is 13.4. The lowest BCUT2D eigenvalue weighted by atomic mass is 9.84. The minimum Gasteiger partial charge on any atom is -0.468 e. The van der Waals surface area contributed by atoms with Crippen LogP contribution in [0.3, 0.4) is 0 Å². The molecule has 0 fully saturated rings. The lowest BCUT2D eigenvalue weighted by Crippen LogP contribution is -2.28. The number of hydrogen-bond acceptors (Lipinski definition) is 8. The van der Waals surface area contributed by atoms with E-state index in [1.54, 1.807) is 25.1 Å². The third kappa shape index (κ3) is 3.54. The number of methoxy groups -OCH3 is 1. The van der Waals surface area contributed by atoms with E-state index < -0.39 is 23.8 Å². The van der Waals surface area contributed by atoms with Gasteiger partial charge in [-0.05, 0) is 36.1 Å². The predicted molar refractivity (Wildman–Crippen MR) is 95.9 cm³/mol. The summed E-state index contributed by atoms with van der Waals surface area (Å²) in [6, 6.07) is 9.02. The van der Waals surface area contributed by atoms with Crippen LogP contribution in [-0.2, 0) is 19.1 Å². The highest BCUT2D eigenvalue weighted by atomic mass is 32.1. The van der Waals surface area contributed by atoms with E-state index >= 15 is 0 Å². The third-order valence-corrected chi connectivity index (χ3v) is 5.33. The lowest BCUT2D eigenvalue weighted by Gasteiger charge is -2.23. The van der Waals surface area contributed by atoms with Crippen LogP contribution in [0.5, 0.6) is 0 Å². The zero-order chi connectivity index (χ0) is 17.8. The highest BCUT2D eigenvalue weighted by molar-refractivity contribution is 7.10. The Kier molecular flexibility index (Phi) is 5.40. The monoisotopic (exact) mass is 376 g/mol. The zero-order valence-electron chi connectivity index (χ0n) is 13.7. The largest absolute Gasteiger partial charge is 0.468 e. The molecule has 0 spiro atoms. The van der Waals surface area contributed by atoms with Crippen LogP contribution in [0, 0.1) is 0 Å². The minimum atomic E-state index is -0.808. The van der Waals surface area contributed by atoms with E-state index in [-0.39, 0.29) is 6.61 Å². The fraction of sp³-hybridized carbons (Fsp3) is 0.294. The van der Waals surface area contributed by atoms with E-state index in [0.717, 1.165) is 22.1 Å². The van der Waals surface area contributed by atoms with Gasteiger partial charge in [-0.3, -0.25) is 9.59 Å². The summed E-state index contributed by atoms with van der Waals surface area (Å²) in [6.07, 6.45) is 0. The van der Waals surface area contributed by atoms with Gasteiger partial charge in [-0.1, -0.05) is 12.1 Å². The number of thiophene rings is 1. The minimum absolute atomic E-state index is 0.230. The second-order valence-corrected chi connectivity index (χ2v) is 6.77. The maximum Gasteiger partial charge on any atom is 0.315 e. The molecule has 0 N–H and O–H groups in total. The fourth-order valence-corrected chi connectivity index (χ4v) is 4.07. The number of benzene rings is 1. The number of ether oxygens (including phenoxy) is 2. The Bertz CT molecular complexity index is 876. The molecule has 8 heteroatoms. The number of esters is 2. The molecule has 1 aromatic carbocycles. The van der Waals surface area contributed by atoms with E-state index in [2.05, 4.69) is 8.75 Å². The van der Waals surface area contributed by atoms with Crippen molar-refractivity contribution in [2.24, 2.45) is 0 Å². The number of fused-ring (bicyclic) bond motifs is 1. The van der Waals surface area contributed by atoms with Crippen LogP contribution >= 0.6 is 23.1 Å². The molecular weight excluding hydrogens is 360 g/mol. The Morgan fingerprint density at radius 2 is 1.92 bits per heavy atom. The molecule has 0 amide bonds. The highest BCUT2D eigenvalue weighted by Gasteiger charge is 2.39. The van der Waals surface area contributed by atoms with Crippen LogP contribution in [0.2, 0.25) is 0 Å². The highest BCUT2D eigenvalue weighted by Crippen LogP contribution is 2.38. The van der Waals surface area contributed by atoms with Crippen molar-refractivity contribution in [1.82, 2.24) is 8.75 Å². The van der Waals surface area contributed by atoms with E-state index in [9.17, 15) is 9.59 Å². The summed E-state index contributed by atoms with van der Waals surface area (Å²) in [6.45, 7) is 1.97. The molecule has 3 aromatic rings. The predicted octanol–water partition coefficient (Wildman–Crippen LogP) is 3.36. The molecule has 6 nitrogen and oxygen atoms in total. The second-order valence-electron chi connectivity index (χ2n) is 5.26. The molecular formula is C17H16N2O4S2. The van der Waals surface area contributed by atoms with Gasteiger partial charge in [-0.2, -0.15) is 8.75 Å². The average Bonchev–Trinajstić information content (AvgIpc) is 3.29. The first-order chi connectivity index (χ1) is 12.2. The van der Waals surface area contributed by atoms with Gasteiger partial charge in [-0.15, -0.1) is 11.3 Å². The molecule has 0 aliphatic rings. The Labute approximate surface area is 152 Å². The first kappa shape index (κ1) is 17.5. The van der Waals surface area contributed by atoms with Crippen LogP contribution in [0.25, 0.3) is 11.0 Å². The molecule has 0 saturated heterocycles. The SMILES string of the molecule is CCOC(=O)C(c1ccc2nsnc2c1)C(C(=O)OC)c1cccs1. The van der Waals surface area contributed by atoms with E-state index in [0.29, 0.717) is 11.1 Å². The summed E-state index contributed by atoms with van der Waals surface area (Å²) in [5.74, 6) is -2.52. The molecule has 25 heavy (non-hydrogen) atoms. The van der Waals surface area contributed by atoms with Gasteiger partial charge in [0.1, 0.15) is 22.9 Å². The number of carbonyl (C=O) groups excluding carboxylic acids is 2. The second kappa shape index (κ2) is 7.71. The smallest absolute Gasteiger partial charge is 0.315 e. The summed E-state index contributed by atoms with van der Waals surface area (Å²) < 4.78 is 18.6. The van der Waals surface area contributed by atoms with Gasteiger partial charge in [0.05, 0.1) is 25.4 Å². The molecule has 130 valence electrons. The van der Waals surface area contributed by atoms with Crippen molar-refractivity contribution in [3.05, 3.63) is 46.2 Å². The quantitative estimate of drug-likeness (QED) is 0.614. The Balaban J connectivity index is 2.11. The Morgan fingerprint density at radius 1 is 1.12 bits per heavy atom. The van der Waals surface area contributed by atoms with E-state index in [1.165, 1.54) is 18.4 Å². The molecule has 2 heterocycles. The van der Waals surface area contributed by atoms with Gasteiger partial charge < -0.3 is 9.47 Å². The molecule has 0 aliphatic heterocycles. The number of aromatic nitrogens is 2. The molecule has 2 aromatic heterocycles. The van der Waals surface area contributed by atoms with Crippen LogP contribution in [-0.4, -0.2) is 34.4 Å². The van der Waals surface area contributed by atoms with Crippen LogP contribution < -0.4 is 0 Å². The molecule has 2 unspecified atom stereocenters. The van der Waals surface area contributed by atoms with Crippen molar-refractivity contribution in [3.63, 3.8) is 0 Å². The van der Waals surface area contributed by atoms with Crippen molar-refractivity contribution in [2.45, 2.75) is 18.8 Å². The zero-order valence-corrected chi connectivity index (χ0v) is 15.3. The number of carbonyl (C=O) groups is 2. The molecule has 0 saturated carbocycles. The van der Waals surface area contributed by atoms with Crippen molar-refractivity contribution >= 4 is 46.0 Å². The van der Waals surface area contributed by atoms with Gasteiger partial charge in [-0.25, -0.2) is 0 Å².